The van der Waals surface area contributed by atoms with Crippen LogP contribution in [0.5, 0.6) is 5.75 Å². The van der Waals surface area contributed by atoms with Gasteiger partial charge in [0.15, 0.2) is 12.3 Å². The molecule has 0 spiro atoms. The van der Waals surface area contributed by atoms with Crippen LogP contribution < -0.4 is 20.9 Å². The van der Waals surface area contributed by atoms with E-state index in [9.17, 15) is 9.59 Å². The van der Waals surface area contributed by atoms with Crippen molar-refractivity contribution >= 4 is 46.4 Å². The summed E-state index contributed by atoms with van der Waals surface area (Å²) in [4.78, 5) is 24.5. The molecule has 0 saturated heterocycles. The molecule has 0 fully saturated rings. The molecule has 2 amide bonds. The van der Waals surface area contributed by atoms with Crippen molar-refractivity contribution < 1.29 is 25.0 Å². The van der Waals surface area contributed by atoms with Crippen LogP contribution in [-0.2, 0) is 9.59 Å². The van der Waals surface area contributed by atoms with E-state index in [1.54, 1.807) is 30.3 Å². The van der Waals surface area contributed by atoms with Gasteiger partial charge in [0.25, 0.3) is 11.8 Å². The number of carbonyl (C=O) groups excluding carboxylic acids is 2. The van der Waals surface area contributed by atoms with E-state index >= 15 is 0 Å². The van der Waals surface area contributed by atoms with Crippen molar-refractivity contribution in [3.63, 3.8) is 0 Å². The second-order valence-electron chi connectivity index (χ2n) is 5.31. The molecule has 2 aromatic rings. The fourth-order valence-corrected chi connectivity index (χ4v) is 2.79. The Hall–Kier alpha value is -2.32. The van der Waals surface area contributed by atoms with Crippen molar-refractivity contribution in [1.29, 1.82) is 0 Å². The number of benzene rings is 2. The van der Waals surface area contributed by atoms with E-state index in [1.165, 1.54) is 6.07 Å². The average molecular weight is 383 g/mol. The number of hydrogen-bond acceptors (Lipinski definition) is 4. The number of anilines is 1. The summed E-state index contributed by atoms with van der Waals surface area (Å²) < 4.78 is 5.39. The first kappa shape index (κ1) is 17.5. The van der Waals surface area contributed by atoms with Gasteiger partial charge in [0, 0.05) is 23.4 Å². The molecule has 0 aliphatic carbocycles. The van der Waals surface area contributed by atoms with E-state index in [0.717, 1.165) is 5.48 Å². The van der Waals surface area contributed by atoms with E-state index in [1.807, 2.05) is 0 Å². The number of rotatable bonds is 3. The van der Waals surface area contributed by atoms with Crippen LogP contribution in [0.2, 0.25) is 10.0 Å². The van der Waals surface area contributed by atoms with Crippen LogP contribution in [0.3, 0.4) is 0 Å². The fourth-order valence-electron chi connectivity index (χ4n) is 2.41. The first-order chi connectivity index (χ1) is 12.0. The summed E-state index contributed by atoms with van der Waals surface area (Å²) in [6.45, 7) is -0.266. The predicted molar refractivity (Wildman–Crippen MR) is 91.3 cm³/mol. The Kier molecular flexibility index (Phi) is 5.10. The Bertz CT molecular complexity index is 827. The number of fused-ring (bicyclic) bond motifs is 1. The van der Waals surface area contributed by atoms with Crippen LogP contribution in [0.4, 0.5) is 11.4 Å². The third-order valence-electron chi connectivity index (χ3n) is 3.63. The number of nitrogens with two attached hydrogens (primary N) is 1. The zero-order valence-electron chi connectivity index (χ0n) is 12.8. The maximum absolute atomic E-state index is 12.7. The molecule has 25 heavy (non-hydrogen) atoms. The fraction of sp³-hybridized carbons (Fsp3) is 0.125. The van der Waals surface area contributed by atoms with Crippen molar-refractivity contribution in [2.45, 2.75) is 6.04 Å². The molecule has 2 aromatic carbocycles. The SMILES string of the molecule is O=C1COc2c(ccc(Cl)c2Cl)C(C(=O)Nc2ccc([NH2+]O)cc2)N1. The lowest BCUT2D eigenvalue weighted by molar-refractivity contribution is -0.825. The molecule has 1 aliphatic rings. The largest absolute Gasteiger partial charge is 0.482 e. The molecular formula is C16H14Cl2N3O4+. The van der Waals surface area contributed by atoms with Gasteiger partial charge in [-0.2, -0.15) is 5.48 Å². The number of amides is 2. The minimum absolute atomic E-state index is 0.149. The van der Waals surface area contributed by atoms with Gasteiger partial charge in [-0.1, -0.05) is 29.3 Å². The third-order valence-corrected chi connectivity index (χ3v) is 4.42. The topological polar surface area (TPSA) is 104 Å². The molecule has 0 bridgehead atoms. The van der Waals surface area contributed by atoms with Crippen LogP contribution in [0.1, 0.15) is 11.6 Å². The molecule has 0 radical (unpaired) electrons. The summed E-state index contributed by atoms with van der Waals surface area (Å²) in [5.41, 5.74) is 2.48. The summed E-state index contributed by atoms with van der Waals surface area (Å²) in [5.74, 6) is -0.703. The summed E-state index contributed by atoms with van der Waals surface area (Å²) >= 11 is 12.1. The molecule has 0 aromatic heterocycles. The minimum Gasteiger partial charge on any atom is -0.482 e. The molecule has 0 saturated carbocycles. The van der Waals surface area contributed by atoms with Crippen molar-refractivity contribution in [3.8, 4) is 5.75 Å². The van der Waals surface area contributed by atoms with Crippen LogP contribution in [0, 0.1) is 0 Å². The summed E-state index contributed by atoms with van der Waals surface area (Å²) in [6.07, 6.45) is 0. The van der Waals surface area contributed by atoms with E-state index < -0.39 is 17.9 Å². The number of nitrogens with one attached hydrogen (secondary N) is 2. The highest BCUT2D eigenvalue weighted by atomic mass is 35.5. The Labute approximate surface area is 152 Å². The number of halogens is 2. The monoisotopic (exact) mass is 382 g/mol. The zero-order valence-corrected chi connectivity index (χ0v) is 14.3. The number of quaternary nitrogens is 1. The Morgan fingerprint density at radius 1 is 1.24 bits per heavy atom. The van der Waals surface area contributed by atoms with Crippen molar-refractivity contribution in [2.75, 3.05) is 11.9 Å². The molecular weight excluding hydrogens is 369 g/mol. The smallest absolute Gasteiger partial charge is 0.258 e. The van der Waals surface area contributed by atoms with Gasteiger partial charge >= 0.3 is 0 Å². The number of ether oxygens (including phenoxy) is 1. The quantitative estimate of drug-likeness (QED) is 0.479. The van der Waals surface area contributed by atoms with Gasteiger partial charge < -0.3 is 15.4 Å². The second-order valence-corrected chi connectivity index (χ2v) is 6.09. The molecule has 5 N–H and O–H groups in total. The standard InChI is InChI=1S/C16H13Cl2N3O4/c17-11-6-5-10-14(20-12(22)7-25-15(10)13(11)18)16(23)19-8-1-3-9(21-24)4-2-8/h1-6,14,21,24H,7H2,(H,19,23)(H,20,22)/p+1. The molecule has 3 rings (SSSR count). The number of hydrogen-bond donors (Lipinski definition) is 4. The van der Waals surface area contributed by atoms with E-state index in [-0.39, 0.29) is 22.4 Å². The molecule has 130 valence electrons. The van der Waals surface area contributed by atoms with Crippen LogP contribution in [0.25, 0.3) is 0 Å². The lowest BCUT2D eigenvalue weighted by atomic mass is 10.0. The van der Waals surface area contributed by atoms with E-state index in [2.05, 4.69) is 10.6 Å². The highest BCUT2D eigenvalue weighted by molar-refractivity contribution is 6.43. The number of carbonyl (C=O) groups is 2. The average Bonchev–Trinajstić information content (AvgIpc) is 2.78. The van der Waals surface area contributed by atoms with Gasteiger partial charge in [0.1, 0.15) is 16.8 Å². The van der Waals surface area contributed by atoms with Gasteiger partial charge in [-0.25, -0.2) is 5.21 Å². The van der Waals surface area contributed by atoms with Crippen LogP contribution in [0.15, 0.2) is 36.4 Å². The molecule has 9 heteroatoms. The van der Waals surface area contributed by atoms with E-state index in [4.69, 9.17) is 33.1 Å². The molecule has 7 nitrogen and oxygen atoms in total. The van der Waals surface area contributed by atoms with Crippen molar-refractivity contribution in [3.05, 3.63) is 52.0 Å². The van der Waals surface area contributed by atoms with Crippen molar-refractivity contribution in [1.82, 2.24) is 5.32 Å². The second kappa shape index (κ2) is 7.28. The minimum atomic E-state index is -0.983. The highest BCUT2D eigenvalue weighted by Crippen LogP contribution is 2.39. The van der Waals surface area contributed by atoms with Gasteiger partial charge in [-0.3, -0.25) is 9.59 Å². The zero-order chi connectivity index (χ0) is 18.0. The Morgan fingerprint density at radius 3 is 2.64 bits per heavy atom. The maximum Gasteiger partial charge on any atom is 0.258 e. The van der Waals surface area contributed by atoms with Gasteiger partial charge in [0.05, 0.1) is 5.02 Å². The van der Waals surface area contributed by atoms with Gasteiger partial charge in [-0.15, -0.1) is 0 Å². The van der Waals surface area contributed by atoms with Gasteiger partial charge in [0.2, 0.25) is 0 Å². The Morgan fingerprint density at radius 2 is 1.96 bits per heavy atom. The third kappa shape index (κ3) is 3.69. The van der Waals surface area contributed by atoms with Crippen LogP contribution >= 0.6 is 23.2 Å². The lowest BCUT2D eigenvalue weighted by Crippen LogP contribution is -2.73. The maximum atomic E-state index is 12.7. The summed E-state index contributed by atoms with van der Waals surface area (Å²) in [6, 6.07) is 8.67. The molecule has 1 heterocycles. The first-order valence-electron chi connectivity index (χ1n) is 7.28. The highest BCUT2D eigenvalue weighted by Gasteiger charge is 2.31. The molecule has 1 atom stereocenters. The Balaban J connectivity index is 1.90. The van der Waals surface area contributed by atoms with Gasteiger partial charge in [-0.05, 0) is 18.2 Å². The van der Waals surface area contributed by atoms with Crippen LogP contribution in [-0.4, -0.2) is 23.6 Å². The first-order valence-corrected chi connectivity index (χ1v) is 8.03. The normalized spacial score (nSPS) is 16.3. The summed E-state index contributed by atoms with van der Waals surface area (Å²) in [7, 11) is 0. The molecule has 1 aliphatic heterocycles. The summed E-state index contributed by atoms with van der Waals surface area (Å²) in [5, 5.41) is 14.7. The predicted octanol–water partition coefficient (Wildman–Crippen LogP) is 1.77. The van der Waals surface area contributed by atoms with E-state index in [0.29, 0.717) is 16.9 Å². The van der Waals surface area contributed by atoms with Crippen molar-refractivity contribution in [2.24, 2.45) is 0 Å². The lowest BCUT2D eigenvalue weighted by Gasteiger charge is -2.18. The molecule has 1 unspecified atom stereocenters.